The molecule has 0 spiro atoms. The Hall–Kier alpha value is -4.45. The van der Waals surface area contributed by atoms with Crippen molar-refractivity contribution in [3.8, 4) is 0 Å². The van der Waals surface area contributed by atoms with Crippen LogP contribution in [0.15, 0.2) is 69.0 Å². The zero-order chi connectivity index (χ0) is 25.6. The number of ether oxygens (including phenoxy) is 1. The molecule has 0 unspecified atom stereocenters. The molecule has 0 saturated carbocycles. The fourth-order valence-electron chi connectivity index (χ4n) is 5.16. The number of benzene rings is 1. The summed E-state index contributed by atoms with van der Waals surface area (Å²) in [4.78, 5) is 44.3. The average Bonchev–Trinajstić information content (AvgIpc) is 3.26. The third-order valence-corrected chi connectivity index (χ3v) is 6.83. The monoisotopic (exact) mass is 489 g/mol. The third-order valence-electron chi connectivity index (χ3n) is 6.83. The molecule has 4 aliphatic rings. The number of allylic oxidation sites excluding steroid dienone is 1. The number of hydrogen-bond donors (Lipinski definition) is 1. The minimum absolute atomic E-state index is 0.0717. The van der Waals surface area contributed by atoms with Gasteiger partial charge in [-0.15, -0.1) is 0 Å². The quantitative estimate of drug-likeness (QED) is 0.388. The van der Waals surface area contributed by atoms with Gasteiger partial charge in [0.15, 0.2) is 17.5 Å². The highest BCUT2D eigenvalue weighted by Gasteiger charge is 2.49. The number of nitrogens with zero attached hydrogens (tertiary/aromatic N) is 3. The Morgan fingerprint density at radius 3 is 2.75 bits per heavy atom. The number of rotatable bonds is 4. The molecule has 36 heavy (non-hydrogen) atoms. The van der Waals surface area contributed by atoms with E-state index < -0.39 is 11.4 Å². The van der Waals surface area contributed by atoms with E-state index in [4.69, 9.17) is 9.57 Å². The van der Waals surface area contributed by atoms with E-state index in [9.17, 15) is 23.9 Å². The van der Waals surface area contributed by atoms with Gasteiger partial charge in [-0.3, -0.25) is 0 Å². The van der Waals surface area contributed by atoms with Crippen LogP contribution in [-0.4, -0.2) is 66.5 Å². The van der Waals surface area contributed by atoms with Gasteiger partial charge in [-0.05, 0) is 30.7 Å². The van der Waals surface area contributed by atoms with Crippen LogP contribution in [0.2, 0.25) is 0 Å². The topological polar surface area (TPSA) is 109 Å². The van der Waals surface area contributed by atoms with Gasteiger partial charge in [0.25, 0.3) is 0 Å². The average molecular weight is 489 g/mol. The Labute approximate surface area is 205 Å². The van der Waals surface area contributed by atoms with Crippen molar-refractivity contribution < 1.29 is 33.5 Å². The predicted octanol–water partition coefficient (Wildman–Crippen LogP) is 1.86. The van der Waals surface area contributed by atoms with Crippen molar-refractivity contribution in [1.29, 1.82) is 0 Å². The molecule has 0 amide bonds. The number of aliphatic hydroxyl groups is 1. The normalized spacial score (nSPS) is 22.3. The summed E-state index contributed by atoms with van der Waals surface area (Å²) in [5.74, 6) is 4.73. The number of hydrogen-bond acceptors (Lipinski definition) is 9. The second-order valence-corrected chi connectivity index (χ2v) is 8.43. The fraction of sp³-hybridized carbons (Fsp3) is 0.269. The third kappa shape index (κ3) is 3.14. The highest BCUT2D eigenvalue weighted by atomic mass is 19.1. The summed E-state index contributed by atoms with van der Waals surface area (Å²) in [6, 6.07) is 4.09. The van der Waals surface area contributed by atoms with Crippen LogP contribution >= 0.6 is 0 Å². The smallest absolute Gasteiger partial charge is 0.216 e. The van der Waals surface area contributed by atoms with E-state index >= 15 is 0 Å². The standard InChI is InChI=1S/C26H20FN3O6/c1-3-26(34)19-9-21-25-17(11-31)16-8-15(27)4-5-20(16)29(7-6-28-35-2)22(25)10-30(21)23(12-32)18(19)14-36-24(26)13-33/h4-6,8-9,34H,3,7,10,14H2,1-2H3/b28-6+/t26-/m0/s1. The van der Waals surface area contributed by atoms with Crippen LogP contribution in [-0.2, 0) is 24.0 Å². The molecule has 1 atom stereocenters. The number of fused-ring (bicyclic) bond motifs is 3. The minimum Gasteiger partial charge on any atom is -0.479 e. The van der Waals surface area contributed by atoms with Crippen LogP contribution in [0.4, 0.5) is 10.1 Å². The number of oxime groups is 1. The second kappa shape index (κ2) is 8.64. The maximum absolute atomic E-state index is 14.3. The molecule has 5 rings (SSSR count). The van der Waals surface area contributed by atoms with Gasteiger partial charge in [0.1, 0.15) is 31.2 Å². The highest BCUT2D eigenvalue weighted by Crippen LogP contribution is 2.52. The van der Waals surface area contributed by atoms with Gasteiger partial charge in [0.2, 0.25) is 5.76 Å². The molecule has 1 aromatic rings. The summed E-state index contributed by atoms with van der Waals surface area (Å²) < 4.78 is 19.7. The summed E-state index contributed by atoms with van der Waals surface area (Å²) in [6.45, 7) is 1.93. The molecular formula is C26H20FN3O6. The Bertz CT molecular complexity index is 1470. The first-order chi connectivity index (χ1) is 17.4. The summed E-state index contributed by atoms with van der Waals surface area (Å²) in [5.41, 5.74) is 1.43. The molecule has 0 fully saturated rings. The van der Waals surface area contributed by atoms with E-state index in [2.05, 4.69) is 5.16 Å². The molecule has 4 aliphatic heterocycles. The Kier molecular flexibility index (Phi) is 5.59. The van der Waals surface area contributed by atoms with Gasteiger partial charge in [-0.1, -0.05) is 12.1 Å². The van der Waals surface area contributed by atoms with Gasteiger partial charge in [0.05, 0.1) is 36.3 Å². The van der Waals surface area contributed by atoms with Gasteiger partial charge in [-0.2, -0.15) is 0 Å². The SMILES string of the molecule is CC[C@@]1(O)C(=C=O)OCC2=C1C=C1C3=C(CN1C2=C=O)N(C/C=N/OC)c1ccc(F)cc1C3=C=O. The lowest BCUT2D eigenvalue weighted by Gasteiger charge is -2.39. The van der Waals surface area contributed by atoms with Crippen molar-refractivity contribution in [1.82, 2.24) is 4.90 Å². The van der Waals surface area contributed by atoms with Crippen LogP contribution in [0.5, 0.6) is 0 Å². The van der Waals surface area contributed by atoms with Crippen LogP contribution in [0, 0.1) is 5.82 Å². The summed E-state index contributed by atoms with van der Waals surface area (Å²) in [6.07, 6.45) is 3.22. The van der Waals surface area contributed by atoms with Crippen LogP contribution in [0.1, 0.15) is 18.9 Å². The molecule has 0 saturated heterocycles. The lowest BCUT2D eigenvalue weighted by atomic mass is 9.79. The minimum atomic E-state index is -1.83. The molecule has 0 bridgehead atoms. The molecular weight excluding hydrogens is 469 g/mol. The Morgan fingerprint density at radius 2 is 2.08 bits per heavy atom. The fourth-order valence-corrected chi connectivity index (χ4v) is 5.16. The van der Waals surface area contributed by atoms with Gasteiger partial charge in [-0.25, -0.2) is 18.8 Å². The maximum atomic E-state index is 14.3. The Balaban J connectivity index is 1.77. The molecule has 0 radical (unpaired) electrons. The molecule has 0 aromatic heterocycles. The maximum Gasteiger partial charge on any atom is 0.216 e. The molecule has 1 N–H and O–H groups in total. The Morgan fingerprint density at radius 1 is 1.28 bits per heavy atom. The summed E-state index contributed by atoms with van der Waals surface area (Å²) in [5, 5.41) is 15.2. The first-order valence-corrected chi connectivity index (χ1v) is 11.1. The van der Waals surface area contributed by atoms with Crippen LogP contribution in [0.3, 0.4) is 0 Å². The molecule has 9 nitrogen and oxygen atoms in total. The van der Waals surface area contributed by atoms with E-state index in [1.807, 2.05) is 16.8 Å². The van der Waals surface area contributed by atoms with Gasteiger partial charge >= 0.3 is 0 Å². The van der Waals surface area contributed by atoms with Crippen molar-refractivity contribution in [3.05, 3.63) is 75.2 Å². The number of halogens is 1. The van der Waals surface area contributed by atoms with E-state index in [1.165, 1.54) is 25.5 Å². The van der Waals surface area contributed by atoms with E-state index in [1.54, 1.807) is 29.9 Å². The molecule has 10 heteroatoms. The first-order valence-electron chi connectivity index (χ1n) is 11.1. The zero-order valence-electron chi connectivity index (χ0n) is 19.4. The zero-order valence-corrected chi connectivity index (χ0v) is 19.4. The molecule has 0 aliphatic carbocycles. The first kappa shape index (κ1) is 23.3. The number of carbonyl (C=O) groups excluding carboxylic acids is 3. The molecule has 182 valence electrons. The van der Waals surface area contributed by atoms with Crippen molar-refractivity contribution >= 4 is 35.3 Å². The predicted molar refractivity (Wildman–Crippen MR) is 127 cm³/mol. The summed E-state index contributed by atoms with van der Waals surface area (Å²) in [7, 11) is 1.41. The van der Waals surface area contributed by atoms with Crippen molar-refractivity contribution in [2.45, 2.75) is 18.9 Å². The van der Waals surface area contributed by atoms with E-state index in [0.717, 1.165) is 0 Å². The summed E-state index contributed by atoms with van der Waals surface area (Å²) >= 11 is 0. The van der Waals surface area contributed by atoms with Gasteiger partial charge < -0.3 is 24.5 Å². The van der Waals surface area contributed by atoms with E-state index in [-0.39, 0.29) is 48.7 Å². The number of anilines is 1. The molecule has 4 heterocycles. The van der Waals surface area contributed by atoms with E-state index in [0.29, 0.717) is 33.8 Å². The van der Waals surface area contributed by atoms with Crippen molar-refractivity contribution in [2.75, 3.05) is 31.7 Å². The molecule has 1 aromatic carbocycles. The highest BCUT2D eigenvalue weighted by molar-refractivity contribution is 6.07. The van der Waals surface area contributed by atoms with Crippen LogP contribution in [0.25, 0.3) is 5.57 Å². The van der Waals surface area contributed by atoms with Gasteiger partial charge in [0, 0.05) is 28.0 Å². The van der Waals surface area contributed by atoms with Crippen molar-refractivity contribution in [3.63, 3.8) is 0 Å². The lowest BCUT2D eigenvalue weighted by Crippen LogP contribution is -2.42. The lowest BCUT2D eigenvalue weighted by molar-refractivity contribution is 0.0311. The largest absolute Gasteiger partial charge is 0.479 e. The second-order valence-electron chi connectivity index (χ2n) is 8.43. The van der Waals surface area contributed by atoms with Crippen molar-refractivity contribution in [2.24, 2.45) is 5.16 Å². The van der Waals surface area contributed by atoms with Crippen LogP contribution < -0.4 is 4.90 Å².